The average Bonchev–Trinajstić information content (AvgIpc) is 2.11. The minimum Gasteiger partial charge on any atom is -0.382 e. The average molecular weight is 185 g/mol. The molecule has 0 heterocycles. The summed E-state index contributed by atoms with van der Waals surface area (Å²) in [5.74, 6) is 2.61. The van der Waals surface area contributed by atoms with E-state index in [-0.39, 0.29) is 0 Å². The number of ether oxygens (including phenoxy) is 2. The fraction of sp³-hybridized carbons (Fsp3) is 0.800. The van der Waals surface area contributed by atoms with Crippen molar-refractivity contribution in [1.29, 1.82) is 0 Å². The Morgan fingerprint density at radius 3 is 2.77 bits per heavy atom. The number of hydrogen-bond acceptors (Lipinski definition) is 3. The van der Waals surface area contributed by atoms with E-state index in [0.29, 0.717) is 25.9 Å². The standard InChI is InChI=1S/C10H19NO2/c1-4-5-10(2)11-6-7-13-9-8-12-3/h1,10-11H,5-9H2,2-3H3. The Morgan fingerprint density at radius 2 is 2.15 bits per heavy atom. The van der Waals surface area contributed by atoms with Gasteiger partial charge >= 0.3 is 0 Å². The molecule has 76 valence electrons. The topological polar surface area (TPSA) is 30.5 Å². The summed E-state index contributed by atoms with van der Waals surface area (Å²) in [6.45, 7) is 4.92. The molecule has 0 amide bonds. The number of hydrogen-bond donors (Lipinski definition) is 1. The van der Waals surface area contributed by atoms with Crippen molar-refractivity contribution in [3.63, 3.8) is 0 Å². The highest BCUT2D eigenvalue weighted by Crippen LogP contribution is 1.86. The molecule has 1 N–H and O–H groups in total. The van der Waals surface area contributed by atoms with E-state index in [2.05, 4.69) is 18.2 Å². The van der Waals surface area contributed by atoms with E-state index < -0.39 is 0 Å². The van der Waals surface area contributed by atoms with Gasteiger partial charge in [-0.1, -0.05) is 0 Å². The number of methoxy groups -OCH3 is 1. The molecule has 0 spiro atoms. The van der Waals surface area contributed by atoms with Crippen molar-refractivity contribution in [2.75, 3.05) is 33.5 Å². The summed E-state index contributed by atoms with van der Waals surface area (Å²) in [7, 11) is 1.66. The second-order valence-corrected chi connectivity index (χ2v) is 2.87. The van der Waals surface area contributed by atoms with Crippen LogP contribution in [0.5, 0.6) is 0 Å². The monoisotopic (exact) mass is 185 g/mol. The Morgan fingerprint density at radius 1 is 1.38 bits per heavy atom. The van der Waals surface area contributed by atoms with Gasteiger partial charge in [0.1, 0.15) is 0 Å². The molecule has 0 aliphatic carbocycles. The van der Waals surface area contributed by atoms with E-state index in [0.717, 1.165) is 13.0 Å². The molecule has 13 heavy (non-hydrogen) atoms. The highest BCUT2D eigenvalue weighted by atomic mass is 16.5. The third-order valence-electron chi connectivity index (χ3n) is 1.60. The van der Waals surface area contributed by atoms with Gasteiger partial charge in [-0.25, -0.2) is 0 Å². The van der Waals surface area contributed by atoms with Crippen molar-refractivity contribution in [2.45, 2.75) is 19.4 Å². The second-order valence-electron chi connectivity index (χ2n) is 2.87. The Balaban J connectivity index is 3.03. The molecule has 0 aliphatic heterocycles. The minimum atomic E-state index is 0.371. The first-order chi connectivity index (χ1) is 6.31. The maximum atomic E-state index is 5.26. The van der Waals surface area contributed by atoms with Gasteiger partial charge in [0.2, 0.25) is 0 Å². The van der Waals surface area contributed by atoms with E-state index in [1.54, 1.807) is 7.11 Å². The van der Waals surface area contributed by atoms with Gasteiger partial charge in [0, 0.05) is 26.1 Å². The van der Waals surface area contributed by atoms with Crippen LogP contribution in [0.1, 0.15) is 13.3 Å². The second kappa shape index (κ2) is 9.53. The summed E-state index contributed by atoms with van der Waals surface area (Å²) in [6, 6.07) is 0.371. The quantitative estimate of drug-likeness (QED) is 0.445. The normalized spacial score (nSPS) is 12.4. The lowest BCUT2D eigenvalue weighted by Crippen LogP contribution is -2.29. The lowest BCUT2D eigenvalue weighted by Gasteiger charge is -2.10. The van der Waals surface area contributed by atoms with Crippen LogP contribution in [0.3, 0.4) is 0 Å². The lowest BCUT2D eigenvalue weighted by atomic mass is 10.2. The molecule has 0 fully saturated rings. The SMILES string of the molecule is C#CCC(C)NCCOCCOC. The van der Waals surface area contributed by atoms with Gasteiger partial charge < -0.3 is 14.8 Å². The molecule has 1 unspecified atom stereocenters. The first-order valence-electron chi connectivity index (χ1n) is 4.54. The third-order valence-corrected chi connectivity index (χ3v) is 1.60. The van der Waals surface area contributed by atoms with Crippen molar-refractivity contribution in [2.24, 2.45) is 0 Å². The summed E-state index contributed by atoms with van der Waals surface area (Å²) in [5, 5.41) is 3.25. The summed E-state index contributed by atoms with van der Waals surface area (Å²) in [6.07, 6.45) is 5.92. The summed E-state index contributed by atoms with van der Waals surface area (Å²) in [5.41, 5.74) is 0. The number of nitrogens with one attached hydrogen (secondary N) is 1. The van der Waals surface area contributed by atoms with Crippen LogP contribution in [0.25, 0.3) is 0 Å². The summed E-state index contributed by atoms with van der Waals surface area (Å²) in [4.78, 5) is 0. The highest BCUT2D eigenvalue weighted by Gasteiger charge is 1.96. The fourth-order valence-corrected chi connectivity index (χ4v) is 0.871. The zero-order valence-corrected chi connectivity index (χ0v) is 8.51. The maximum Gasteiger partial charge on any atom is 0.0700 e. The van der Waals surface area contributed by atoms with Crippen LogP contribution in [0.15, 0.2) is 0 Å². The van der Waals surface area contributed by atoms with Crippen LogP contribution < -0.4 is 5.32 Å². The molecule has 0 aromatic rings. The first-order valence-corrected chi connectivity index (χ1v) is 4.54. The lowest BCUT2D eigenvalue weighted by molar-refractivity contribution is 0.0713. The molecular weight excluding hydrogens is 166 g/mol. The predicted octanol–water partition coefficient (Wildman–Crippen LogP) is 0.651. The minimum absolute atomic E-state index is 0.371. The van der Waals surface area contributed by atoms with Gasteiger partial charge in [-0.2, -0.15) is 0 Å². The van der Waals surface area contributed by atoms with Crippen LogP contribution in [-0.4, -0.2) is 39.5 Å². The van der Waals surface area contributed by atoms with E-state index in [4.69, 9.17) is 15.9 Å². The smallest absolute Gasteiger partial charge is 0.0700 e. The molecule has 1 atom stereocenters. The first kappa shape index (κ1) is 12.4. The zero-order valence-electron chi connectivity index (χ0n) is 8.51. The van der Waals surface area contributed by atoms with Gasteiger partial charge in [0.25, 0.3) is 0 Å². The summed E-state index contributed by atoms with van der Waals surface area (Å²) >= 11 is 0. The molecule has 0 rings (SSSR count). The Hall–Kier alpha value is -0.560. The van der Waals surface area contributed by atoms with E-state index >= 15 is 0 Å². The van der Waals surface area contributed by atoms with Crippen molar-refractivity contribution < 1.29 is 9.47 Å². The van der Waals surface area contributed by atoms with E-state index in [1.807, 2.05) is 0 Å². The van der Waals surface area contributed by atoms with Crippen LogP contribution in [0, 0.1) is 12.3 Å². The molecule has 0 aromatic heterocycles. The molecule has 3 nitrogen and oxygen atoms in total. The van der Waals surface area contributed by atoms with Crippen LogP contribution in [-0.2, 0) is 9.47 Å². The van der Waals surface area contributed by atoms with Gasteiger partial charge in [0.05, 0.1) is 19.8 Å². The van der Waals surface area contributed by atoms with Crippen LogP contribution in [0.2, 0.25) is 0 Å². The molecule has 0 saturated heterocycles. The Labute approximate surface area is 80.8 Å². The van der Waals surface area contributed by atoms with Gasteiger partial charge in [0.15, 0.2) is 0 Å². The maximum absolute atomic E-state index is 5.26. The fourth-order valence-electron chi connectivity index (χ4n) is 0.871. The molecular formula is C10H19NO2. The van der Waals surface area contributed by atoms with Crippen molar-refractivity contribution in [3.8, 4) is 12.3 Å². The van der Waals surface area contributed by atoms with Gasteiger partial charge in [-0.15, -0.1) is 12.3 Å². The molecule has 0 saturated carbocycles. The summed E-state index contributed by atoms with van der Waals surface area (Å²) < 4.78 is 10.1. The highest BCUT2D eigenvalue weighted by molar-refractivity contribution is 4.87. The number of rotatable bonds is 8. The Kier molecular flexibility index (Phi) is 9.12. The predicted molar refractivity (Wildman–Crippen MR) is 53.6 cm³/mol. The van der Waals surface area contributed by atoms with E-state index in [9.17, 15) is 0 Å². The van der Waals surface area contributed by atoms with Crippen LogP contribution in [0.4, 0.5) is 0 Å². The van der Waals surface area contributed by atoms with Crippen molar-refractivity contribution in [1.82, 2.24) is 5.32 Å². The zero-order chi connectivity index (χ0) is 9.94. The van der Waals surface area contributed by atoms with E-state index in [1.165, 1.54) is 0 Å². The largest absolute Gasteiger partial charge is 0.382 e. The van der Waals surface area contributed by atoms with Crippen molar-refractivity contribution in [3.05, 3.63) is 0 Å². The van der Waals surface area contributed by atoms with Crippen molar-refractivity contribution >= 4 is 0 Å². The van der Waals surface area contributed by atoms with Gasteiger partial charge in [-0.05, 0) is 6.92 Å². The molecule has 3 heteroatoms. The molecule has 0 aliphatic rings. The molecule has 0 radical (unpaired) electrons. The molecule has 0 aromatic carbocycles. The number of terminal acetylenes is 1. The molecule has 0 bridgehead atoms. The van der Waals surface area contributed by atoms with Crippen LogP contribution >= 0.6 is 0 Å². The Bertz CT molecular complexity index is 142. The third kappa shape index (κ3) is 9.35. The van der Waals surface area contributed by atoms with Gasteiger partial charge in [-0.3, -0.25) is 0 Å².